The number of ether oxygens (including phenoxy) is 1. The smallest absolute Gasteiger partial charge is 0.335 e. The molecule has 168 valence electrons. The second kappa shape index (κ2) is 9.98. The number of nitrogens with one attached hydrogen (secondary N) is 1. The van der Waals surface area contributed by atoms with Crippen molar-refractivity contribution in [2.75, 3.05) is 13.2 Å². The number of carboxylic acid groups (broad SMARTS) is 1. The summed E-state index contributed by atoms with van der Waals surface area (Å²) < 4.78 is 7.48. The summed E-state index contributed by atoms with van der Waals surface area (Å²) in [5.74, 6) is -0.811. The quantitative estimate of drug-likeness (QED) is 0.353. The van der Waals surface area contributed by atoms with Gasteiger partial charge in [-0.2, -0.15) is 0 Å². The van der Waals surface area contributed by atoms with Gasteiger partial charge in [-0.3, -0.25) is 4.79 Å². The molecule has 0 bridgehead atoms. The van der Waals surface area contributed by atoms with E-state index >= 15 is 0 Å². The standard InChI is InChI=1S/C25H20Cl2N2O4/c26-21-8-7-19(13-22(21)27)33-15-24(30)28-11-10-17-14-29(18-4-2-1-3-5-18)23-9-6-16(25(31)32)12-20(17)23/h1-9,12-14H,10-11,15H2,(H,28,30)(H,31,32). The van der Waals surface area contributed by atoms with Gasteiger partial charge in [0.1, 0.15) is 5.75 Å². The van der Waals surface area contributed by atoms with Crippen LogP contribution in [0.4, 0.5) is 0 Å². The van der Waals surface area contributed by atoms with Crippen molar-refractivity contribution in [3.63, 3.8) is 0 Å². The molecule has 0 aliphatic carbocycles. The highest BCUT2D eigenvalue weighted by Crippen LogP contribution is 2.27. The number of hydrogen-bond acceptors (Lipinski definition) is 3. The Bertz CT molecular complexity index is 1320. The van der Waals surface area contributed by atoms with Gasteiger partial charge in [-0.15, -0.1) is 0 Å². The zero-order valence-corrected chi connectivity index (χ0v) is 18.9. The van der Waals surface area contributed by atoms with Crippen molar-refractivity contribution >= 4 is 46.0 Å². The number of carbonyl (C=O) groups is 2. The number of fused-ring (bicyclic) bond motifs is 1. The van der Waals surface area contributed by atoms with Crippen LogP contribution < -0.4 is 10.1 Å². The van der Waals surface area contributed by atoms with Gasteiger partial charge in [-0.25, -0.2) is 4.79 Å². The number of para-hydroxylation sites is 1. The van der Waals surface area contributed by atoms with Crippen LogP contribution in [0.1, 0.15) is 15.9 Å². The van der Waals surface area contributed by atoms with E-state index in [-0.39, 0.29) is 18.1 Å². The van der Waals surface area contributed by atoms with Crippen molar-refractivity contribution in [3.8, 4) is 11.4 Å². The summed E-state index contributed by atoms with van der Waals surface area (Å²) in [6, 6.07) is 19.7. The van der Waals surface area contributed by atoms with E-state index in [2.05, 4.69) is 5.32 Å². The third-order valence-electron chi connectivity index (χ3n) is 5.15. The Hall–Kier alpha value is -3.48. The first-order chi connectivity index (χ1) is 15.9. The molecule has 3 aromatic carbocycles. The molecule has 0 atom stereocenters. The van der Waals surface area contributed by atoms with E-state index in [9.17, 15) is 14.7 Å². The van der Waals surface area contributed by atoms with E-state index in [1.54, 1.807) is 36.4 Å². The van der Waals surface area contributed by atoms with E-state index < -0.39 is 5.97 Å². The maximum atomic E-state index is 12.2. The lowest BCUT2D eigenvalue weighted by Gasteiger charge is -2.08. The van der Waals surface area contributed by atoms with Crippen LogP contribution in [0.5, 0.6) is 5.75 Å². The van der Waals surface area contributed by atoms with Gasteiger partial charge in [0.25, 0.3) is 5.91 Å². The molecule has 1 amide bonds. The number of aromatic nitrogens is 1. The van der Waals surface area contributed by atoms with Crippen LogP contribution in [0, 0.1) is 0 Å². The highest BCUT2D eigenvalue weighted by Gasteiger charge is 2.13. The summed E-state index contributed by atoms with van der Waals surface area (Å²) in [6.45, 7) is 0.210. The number of nitrogens with zero attached hydrogens (tertiary/aromatic N) is 1. The van der Waals surface area contributed by atoms with Gasteiger partial charge in [0.2, 0.25) is 0 Å². The lowest BCUT2D eigenvalue weighted by Crippen LogP contribution is -2.30. The summed E-state index contributed by atoms with van der Waals surface area (Å²) >= 11 is 11.8. The van der Waals surface area contributed by atoms with E-state index in [0.29, 0.717) is 28.8 Å². The molecule has 0 aliphatic rings. The number of amides is 1. The number of hydrogen-bond donors (Lipinski definition) is 2. The topological polar surface area (TPSA) is 80.6 Å². The Balaban J connectivity index is 1.46. The number of rotatable bonds is 8. The van der Waals surface area contributed by atoms with E-state index in [1.807, 2.05) is 41.1 Å². The summed E-state index contributed by atoms with van der Waals surface area (Å²) in [6.07, 6.45) is 2.50. The van der Waals surface area contributed by atoms with Crippen molar-refractivity contribution in [1.29, 1.82) is 0 Å². The zero-order valence-electron chi connectivity index (χ0n) is 17.4. The fourth-order valence-corrected chi connectivity index (χ4v) is 3.82. The molecule has 33 heavy (non-hydrogen) atoms. The van der Waals surface area contributed by atoms with Gasteiger partial charge in [-0.1, -0.05) is 41.4 Å². The van der Waals surface area contributed by atoms with Gasteiger partial charge < -0.3 is 19.7 Å². The van der Waals surface area contributed by atoms with Gasteiger partial charge in [0.15, 0.2) is 6.61 Å². The number of carboxylic acids is 1. The summed E-state index contributed by atoms with van der Waals surface area (Å²) in [5.41, 5.74) is 3.02. The molecule has 8 heteroatoms. The highest BCUT2D eigenvalue weighted by atomic mass is 35.5. The third-order valence-corrected chi connectivity index (χ3v) is 5.88. The molecule has 0 radical (unpaired) electrons. The summed E-state index contributed by atoms with van der Waals surface area (Å²) in [5, 5.41) is 13.8. The molecule has 2 N–H and O–H groups in total. The van der Waals surface area contributed by atoms with Crippen LogP contribution in [-0.2, 0) is 11.2 Å². The summed E-state index contributed by atoms with van der Waals surface area (Å²) in [7, 11) is 0. The number of halogens is 2. The Labute approximate surface area is 200 Å². The van der Waals surface area contributed by atoms with Crippen molar-refractivity contribution in [3.05, 3.63) is 94.1 Å². The molecular weight excluding hydrogens is 463 g/mol. The van der Waals surface area contributed by atoms with Crippen molar-refractivity contribution in [2.24, 2.45) is 0 Å². The zero-order chi connectivity index (χ0) is 23.4. The third kappa shape index (κ3) is 5.30. The normalized spacial score (nSPS) is 10.8. The molecule has 4 aromatic rings. The molecule has 1 heterocycles. The van der Waals surface area contributed by atoms with Gasteiger partial charge in [-0.05, 0) is 54.4 Å². The second-order valence-electron chi connectivity index (χ2n) is 7.36. The first-order valence-electron chi connectivity index (χ1n) is 10.2. The van der Waals surface area contributed by atoms with Crippen LogP contribution in [-0.4, -0.2) is 34.7 Å². The molecule has 4 rings (SSSR count). The first-order valence-corrected chi connectivity index (χ1v) is 11.0. The lowest BCUT2D eigenvalue weighted by atomic mass is 10.1. The maximum absolute atomic E-state index is 12.2. The minimum atomic E-state index is -0.983. The number of carbonyl (C=O) groups excluding carboxylic acids is 1. The monoisotopic (exact) mass is 482 g/mol. The number of benzene rings is 3. The van der Waals surface area contributed by atoms with Crippen LogP contribution in [0.25, 0.3) is 16.6 Å². The SMILES string of the molecule is O=C(COc1ccc(Cl)c(Cl)c1)NCCc1cn(-c2ccccc2)c2ccc(C(=O)O)cc12. The first kappa shape index (κ1) is 22.7. The second-order valence-corrected chi connectivity index (χ2v) is 8.18. The van der Waals surface area contributed by atoms with Crippen molar-refractivity contribution < 1.29 is 19.4 Å². The Kier molecular flexibility index (Phi) is 6.87. The van der Waals surface area contributed by atoms with Crippen LogP contribution in [0.3, 0.4) is 0 Å². The molecule has 0 saturated carbocycles. The van der Waals surface area contributed by atoms with Crippen molar-refractivity contribution in [2.45, 2.75) is 6.42 Å². The Morgan fingerprint density at radius 2 is 1.76 bits per heavy atom. The minimum absolute atomic E-state index is 0.160. The van der Waals surface area contributed by atoms with E-state index in [4.69, 9.17) is 27.9 Å². The molecule has 0 unspecified atom stereocenters. The minimum Gasteiger partial charge on any atom is -0.484 e. The largest absolute Gasteiger partial charge is 0.484 e. The predicted molar refractivity (Wildman–Crippen MR) is 129 cm³/mol. The molecule has 0 saturated heterocycles. The number of aromatic carboxylic acids is 1. The molecular formula is C25H20Cl2N2O4. The van der Waals surface area contributed by atoms with Gasteiger partial charge in [0.05, 0.1) is 21.1 Å². The molecule has 0 spiro atoms. The Morgan fingerprint density at radius 1 is 0.970 bits per heavy atom. The highest BCUT2D eigenvalue weighted by molar-refractivity contribution is 6.42. The Morgan fingerprint density at radius 3 is 2.48 bits per heavy atom. The molecule has 6 nitrogen and oxygen atoms in total. The van der Waals surface area contributed by atoms with Crippen LogP contribution in [0.15, 0.2) is 72.9 Å². The average Bonchev–Trinajstić information content (AvgIpc) is 3.18. The van der Waals surface area contributed by atoms with E-state index in [1.165, 1.54) is 0 Å². The fraction of sp³-hybridized carbons (Fsp3) is 0.120. The lowest BCUT2D eigenvalue weighted by molar-refractivity contribution is -0.123. The molecule has 1 aromatic heterocycles. The van der Waals surface area contributed by atoms with Crippen LogP contribution >= 0.6 is 23.2 Å². The van der Waals surface area contributed by atoms with Crippen molar-refractivity contribution in [1.82, 2.24) is 9.88 Å². The van der Waals surface area contributed by atoms with Gasteiger partial charge in [0, 0.05) is 29.9 Å². The predicted octanol–water partition coefficient (Wildman–Crippen LogP) is 5.37. The maximum Gasteiger partial charge on any atom is 0.335 e. The van der Waals surface area contributed by atoms with Crippen LogP contribution in [0.2, 0.25) is 10.0 Å². The molecule has 0 fully saturated rings. The summed E-state index contributed by atoms with van der Waals surface area (Å²) in [4.78, 5) is 23.7. The average molecular weight is 483 g/mol. The van der Waals surface area contributed by atoms with E-state index in [0.717, 1.165) is 22.2 Å². The molecule has 0 aliphatic heterocycles. The van der Waals surface area contributed by atoms with Gasteiger partial charge >= 0.3 is 5.97 Å². The fourth-order valence-electron chi connectivity index (χ4n) is 3.54.